The summed E-state index contributed by atoms with van der Waals surface area (Å²) >= 11 is 0. The molecule has 0 aliphatic heterocycles. The predicted octanol–water partition coefficient (Wildman–Crippen LogP) is 6.46. The van der Waals surface area contributed by atoms with Gasteiger partial charge >= 0.3 is 0 Å². The average molecular weight is 349 g/mol. The van der Waals surface area contributed by atoms with Crippen LogP contribution < -0.4 is 0 Å². The zero-order chi connectivity index (χ0) is 18.4. The van der Waals surface area contributed by atoms with Gasteiger partial charge in [-0.3, -0.25) is 0 Å². The van der Waals surface area contributed by atoms with Crippen molar-refractivity contribution in [2.45, 2.75) is 6.92 Å². The van der Waals surface area contributed by atoms with E-state index in [2.05, 4.69) is 78.4 Å². The maximum absolute atomic E-state index is 10.7. The van der Waals surface area contributed by atoms with Crippen LogP contribution in [0.1, 0.15) is 5.56 Å². The molecule has 0 bridgehead atoms. The lowest BCUT2D eigenvalue weighted by Crippen LogP contribution is -1.94. The molecule has 0 spiro atoms. The first-order valence-electron chi connectivity index (χ1n) is 9.10. The standard InChI is InChI=1S/C25H19NO/c1-17-16-26(23-10-6-5-9-21(17)23)25-22-13-11-19(18-7-3-2-4-8-18)15-20(22)12-14-24(25)27/h2-16,27H,1H3. The van der Waals surface area contributed by atoms with Crippen molar-refractivity contribution in [2.24, 2.45) is 0 Å². The Kier molecular flexibility index (Phi) is 3.51. The minimum absolute atomic E-state index is 0.288. The van der Waals surface area contributed by atoms with Gasteiger partial charge in [-0.25, -0.2) is 0 Å². The van der Waals surface area contributed by atoms with Crippen LogP contribution >= 0.6 is 0 Å². The number of hydrogen-bond donors (Lipinski definition) is 1. The van der Waals surface area contributed by atoms with Crippen LogP contribution in [0.2, 0.25) is 0 Å². The number of benzene rings is 4. The number of aromatic nitrogens is 1. The molecule has 0 atom stereocenters. The van der Waals surface area contributed by atoms with Gasteiger partial charge in [0.25, 0.3) is 0 Å². The van der Waals surface area contributed by atoms with Crippen molar-refractivity contribution in [1.82, 2.24) is 4.57 Å². The largest absolute Gasteiger partial charge is 0.506 e. The third kappa shape index (κ3) is 2.49. The monoisotopic (exact) mass is 349 g/mol. The maximum atomic E-state index is 10.7. The van der Waals surface area contributed by atoms with Crippen molar-refractivity contribution in [3.05, 3.63) is 96.7 Å². The molecule has 5 rings (SSSR count). The average Bonchev–Trinajstić information content (AvgIpc) is 3.05. The number of phenolic OH excluding ortho intramolecular Hbond substituents is 1. The van der Waals surface area contributed by atoms with Crippen molar-refractivity contribution in [3.63, 3.8) is 0 Å². The summed E-state index contributed by atoms with van der Waals surface area (Å²) in [4.78, 5) is 0. The van der Waals surface area contributed by atoms with Crippen molar-refractivity contribution < 1.29 is 5.11 Å². The molecule has 4 aromatic carbocycles. The molecule has 0 aliphatic carbocycles. The van der Waals surface area contributed by atoms with Gasteiger partial charge in [0.1, 0.15) is 5.75 Å². The van der Waals surface area contributed by atoms with Gasteiger partial charge in [-0.1, -0.05) is 66.7 Å². The molecule has 0 radical (unpaired) electrons. The normalized spacial score (nSPS) is 11.3. The molecule has 5 aromatic rings. The van der Waals surface area contributed by atoms with Gasteiger partial charge in [-0.2, -0.15) is 0 Å². The Balaban J connectivity index is 1.78. The lowest BCUT2D eigenvalue weighted by Gasteiger charge is -2.13. The third-order valence-corrected chi connectivity index (χ3v) is 5.23. The molecule has 0 unspecified atom stereocenters. The van der Waals surface area contributed by atoms with Gasteiger partial charge in [-0.05, 0) is 47.2 Å². The molecule has 0 amide bonds. The number of aromatic hydroxyl groups is 1. The van der Waals surface area contributed by atoms with Gasteiger partial charge in [0.15, 0.2) is 0 Å². The summed E-state index contributed by atoms with van der Waals surface area (Å²) in [5.41, 5.74) is 5.49. The Bertz CT molecular complexity index is 1280. The Morgan fingerprint density at radius 2 is 1.48 bits per heavy atom. The molecule has 0 saturated carbocycles. The van der Waals surface area contributed by atoms with Crippen LogP contribution in [0.5, 0.6) is 5.75 Å². The lowest BCUT2D eigenvalue weighted by molar-refractivity contribution is 0.473. The van der Waals surface area contributed by atoms with Crippen molar-refractivity contribution in [2.75, 3.05) is 0 Å². The molecule has 2 heteroatoms. The van der Waals surface area contributed by atoms with E-state index in [0.717, 1.165) is 22.0 Å². The summed E-state index contributed by atoms with van der Waals surface area (Å²) in [7, 11) is 0. The molecule has 27 heavy (non-hydrogen) atoms. The van der Waals surface area contributed by atoms with E-state index >= 15 is 0 Å². The van der Waals surface area contributed by atoms with E-state index in [1.54, 1.807) is 6.07 Å². The highest BCUT2D eigenvalue weighted by Crippen LogP contribution is 2.36. The molecule has 1 N–H and O–H groups in total. The Morgan fingerprint density at radius 3 is 2.33 bits per heavy atom. The fourth-order valence-electron chi connectivity index (χ4n) is 3.90. The summed E-state index contributed by atoms with van der Waals surface area (Å²) in [6, 6.07) is 28.9. The summed E-state index contributed by atoms with van der Waals surface area (Å²) in [6.45, 7) is 2.11. The molecule has 0 aliphatic rings. The van der Waals surface area contributed by atoms with Crippen LogP contribution in [-0.4, -0.2) is 9.67 Å². The van der Waals surface area contributed by atoms with E-state index in [4.69, 9.17) is 0 Å². The van der Waals surface area contributed by atoms with E-state index in [9.17, 15) is 5.11 Å². The molecule has 130 valence electrons. The summed E-state index contributed by atoms with van der Waals surface area (Å²) in [6.07, 6.45) is 2.10. The second-order valence-corrected chi connectivity index (χ2v) is 6.93. The number of rotatable bonds is 2. The summed E-state index contributed by atoms with van der Waals surface area (Å²) in [5, 5.41) is 14.0. The van der Waals surface area contributed by atoms with Crippen LogP contribution in [0.25, 0.3) is 38.5 Å². The highest BCUT2D eigenvalue weighted by Gasteiger charge is 2.14. The van der Waals surface area contributed by atoms with Gasteiger partial charge in [-0.15, -0.1) is 0 Å². The quantitative estimate of drug-likeness (QED) is 0.388. The van der Waals surface area contributed by atoms with Crippen molar-refractivity contribution in [3.8, 4) is 22.6 Å². The van der Waals surface area contributed by atoms with Crippen LogP contribution in [-0.2, 0) is 0 Å². The molecule has 1 aromatic heterocycles. The van der Waals surface area contributed by atoms with Crippen LogP contribution in [0.4, 0.5) is 0 Å². The zero-order valence-corrected chi connectivity index (χ0v) is 15.1. The first kappa shape index (κ1) is 15.7. The van der Waals surface area contributed by atoms with Crippen LogP contribution in [0, 0.1) is 6.92 Å². The number of fused-ring (bicyclic) bond motifs is 2. The Hall–Kier alpha value is -3.52. The van der Waals surface area contributed by atoms with Crippen molar-refractivity contribution >= 4 is 21.7 Å². The topological polar surface area (TPSA) is 25.2 Å². The van der Waals surface area contributed by atoms with E-state index in [1.165, 1.54) is 22.1 Å². The lowest BCUT2D eigenvalue weighted by atomic mass is 10.00. The van der Waals surface area contributed by atoms with Crippen LogP contribution in [0.15, 0.2) is 91.1 Å². The molecule has 2 nitrogen and oxygen atoms in total. The number of hydrogen-bond acceptors (Lipinski definition) is 1. The van der Waals surface area contributed by atoms with Crippen LogP contribution in [0.3, 0.4) is 0 Å². The SMILES string of the molecule is Cc1cn(-c2c(O)ccc3cc(-c4ccccc4)ccc23)c2ccccc12. The first-order chi connectivity index (χ1) is 13.2. The second kappa shape index (κ2) is 6.03. The highest BCUT2D eigenvalue weighted by molar-refractivity contribution is 5.98. The Morgan fingerprint density at radius 1 is 0.704 bits per heavy atom. The van der Waals surface area contributed by atoms with Gasteiger partial charge in [0.2, 0.25) is 0 Å². The third-order valence-electron chi connectivity index (χ3n) is 5.23. The second-order valence-electron chi connectivity index (χ2n) is 6.93. The molecule has 1 heterocycles. The number of para-hydroxylation sites is 1. The molecular weight excluding hydrogens is 330 g/mol. The van der Waals surface area contributed by atoms with E-state index in [0.29, 0.717) is 0 Å². The molecule has 0 saturated heterocycles. The van der Waals surface area contributed by atoms with Gasteiger partial charge < -0.3 is 9.67 Å². The fourth-order valence-corrected chi connectivity index (χ4v) is 3.90. The maximum Gasteiger partial charge on any atom is 0.140 e. The predicted molar refractivity (Wildman–Crippen MR) is 113 cm³/mol. The van der Waals surface area contributed by atoms with E-state index < -0.39 is 0 Å². The Labute approximate surface area is 157 Å². The van der Waals surface area contributed by atoms with Crippen molar-refractivity contribution in [1.29, 1.82) is 0 Å². The number of aryl methyl sites for hydroxylation is 1. The number of phenols is 1. The van der Waals surface area contributed by atoms with Gasteiger partial charge in [0.05, 0.1) is 11.2 Å². The highest BCUT2D eigenvalue weighted by atomic mass is 16.3. The van der Waals surface area contributed by atoms with E-state index in [1.807, 2.05) is 18.2 Å². The number of nitrogens with zero attached hydrogens (tertiary/aromatic N) is 1. The molecule has 0 fully saturated rings. The summed E-state index contributed by atoms with van der Waals surface area (Å²) in [5.74, 6) is 0.288. The zero-order valence-electron chi connectivity index (χ0n) is 15.1. The fraction of sp³-hybridized carbons (Fsp3) is 0.0400. The van der Waals surface area contributed by atoms with E-state index in [-0.39, 0.29) is 5.75 Å². The first-order valence-corrected chi connectivity index (χ1v) is 9.10. The van der Waals surface area contributed by atoms with Gasteiger partial charge in [0, 0.05) is 17.0 Å². The summed E-state index contributed by atoms with van der Waals surface area (Å²) < 4.78 is 2.10. The molecular formula is C25H19NO. The smallest absolute Gasteiger partial charge is 0.140 e. The minimum Gasteiger partial charge on any atom is -0.506 e. The minimum atomic E-state index is 0.288.